The van der Waals surface area contributed by atoms with Crippen molar-refractivity contribution in [3.05, 3.63) is 52.2 Å². The van der Waals surface area contributed by atoms with Crippen LogP contribution in [0.5, 0.6) is 0 Å². The van der Waals surface area contributed by atoms with Crippen LogP contribution in [0.15, 0.2) is 35.4 Å². The van der Waals surface area contributed by atoms with Gasteiger partial charge in [0.15, 0.2) is 0 Å². The summed E-state index contributed by atoms with van der Waals surface area (Å²) in [5.74, 6) is 0.0299. The monoisotopic (exact) mass is 324 g/mol. The van der Waals surface area contributed by atoms with E-state index in [2.05, 4.69) is 20.3 Å². The number of carbonyl (C=O) groups is 1. The predicted octanol–water partition coefficient (Wildman–Crippen LogP) is 0.490. The average Bonchev–Trinajstić information content (AvgIpc) is 3.03. The summed E-state index contributed by atoms with van der Waals surface area (Å²) in [4.78, 5) is 32.7. The standard InChI is InChI=1S/C16H16N6O2/c23-15(6-8-22-14-4-2-1-3-12(14)19-20-22)21-7-5-11-13(9-21)17-10-18-16(11)24/h1-4,10H,5-9H2,(H,17,18,24). The molecule has 3 aromatic rings. The average molecular weight is 324 g/mol. The predicted molar refractivity (Wildman–Crippen MR) is 86.1 cm³/mol. The van der Waals surface area contributed by atoms with Gasteiger partial charge in [-0.05, 0) is 18.6 Å². The zero-order valence-corrected chi connectivity index (χ0v) is 13.0. The molecule has 4 rings (SSSR count). The Labute approximate surface area is 137 Å². The molecule has 1 aliphatic rings. The maximum absolute atomic E-state index is 12.5. The van der Waals surface area contributed by atoms with Gasteiger partial charge in [-0.15, -0.1) is 5.10 Å². The lowest BCUT2D eigenvalue weighted by molar-refractivity contribution is -0.132. The van der Waals surface area contributed by atoms with Crippen LogP contribution in [-0.4, -0.2) is 42.3 Å². The molecule has 0 radical (unpaired) electrons. The number of carbonyl (C=O) groups excluding carboxylic acids is 1. The van der Waals surface area contributed by atoms with Crippen LogP contribution in [0, 0.1) is 0 Å². The minimum Gasteiger partial charge on any atom is -0.336 e. The zero-order valence-electron chi connectivity index (χ0n) is 13.0. The molecule has 1 aliphatic heterocycles. The summed E-state index contributed by atoms with van der Waals surface area (Å²) in [6.07, 6.45) is 2.26. The van der Waals surface area contributed by atoms with Gasteiger partial charge in [-0.3, -0.25) is 9.59 Å². The number of fused-ring (bicyclic) bond motifs is 2. The Kier molecular flexibility index (Phi) is 3.56. The van der Waals surface area contributed by atoms with E-state index < -0.39 is 0 Å². The van der Waals surface area contributed by atoms with Gasteiger partial charge in [-0.2, -0.15) is 0 Å². The molecule has 0 bridgehead atoms. The van der Waals surface area contributed by atoms with Crippen molar-refractivity contribution < 1.29 is 4.79 Å². The van der Waals surface area contributed by atoms with Gasteiger partial charge in [0.2, 0.25) is 5.91 Å². The summed E-state index contributed by atoms with van der Waals surface area (Å²) < 4.78 is 1.74. The number of H-pyrrole nitrogens is 1. The fourth-order valence-corrected chi connectivity index (χ4v) is 3.02. The van der Waals surface area contributed by atoms with Crippen LogP contribution in [0.4, 0.5) is 0 Å². The van der Waals surface area contributed by atoms with Crippen molar-refractivity contribution >= 4 is 16.9 Å². The number of aromatic nitrogens is 5. The topological polar surface area (TPSA) is 96.8 Å². The smallest absolute Gasteiger partial charge is 0.254 e. The second-order valence-electron chi connectivity index (χ2n) is 5.77. The molecule has 24 heavy (non-hydrogen) atoms. The highest BCUT2D eigenvalue weighted by Crippen LogP contribution is 2.15. The first-order valence-electron chi connectivity index (χ1n) is 7.84. The van der Waals surface area contributed by atoms with Crippen molar-refractivity contribution in [2.75, 3.05) is 6.54 Å². The minimum absolute atomic E-state index is 0.0299. The van der Waals surface area contributed by atoms with Gasteiger partial charge in [0, 0.05) is 18.5 Å². The lowest BCUT2D eigenvalue weighted by atomic mass is 10.1. The molecule has 2 aromatic heterocycles. The molecule has 0 unspecified atom stereocenters. The third-order valence-electron chi connectivity index (χ3n) is 4.32. The van der Waals surface area contributed by atoms with Crippen LogP contribution in [0.2, 0.25) is 0 Å². The van der Waals surface area contributed by atoms with Gasteiger partial charge in [0.25, 0.3) is 5.56 Å². The number of nitrogens with one attached hydrogen (secondary N) is 1. The van der Waals surface area contributed by atoms with E-state index in [0.29, 0.717) is 43.7 Å². The van der Waals surface area contributed by atoms with Crippen LogP contribution < -0.4 is 5.56 Å². The van der Waals surface area contributed by atoms with Crippen LogP contribution >= 0.6 is 0 Å². The number of hydrogen-bond donors (Lipinski definition) is 1. The Morgan fingerprint density at radius 2 is 2.17 bits per heavy atom. The van der Waals surface area contributed by atoms with Crippen molar-refractivity contribution in [1.29, 1.82) is 0 Å². The second kappa shape index (κ2) is 5.88. The van der Waals surface area contributed by atoms with E-state index in [1.807, 2.05) is 24.3 Å². The van der Waals surface area contributed by atoms with Crippen LogP contribution in [0.3, 0.4) is 0 Å². The summed E-state index contributed by atoms with van der Waals surface area (Å²) in [7, 11) is 0. The van der Waals surface area contributed by atoms with Gasteiger partial charge in [0.05, 0.1) is 30.6 Å². The molecule has 8 nitrogen and oxygen atoms in total. The molecule has 0 fully saturated rings. The van der Waals surface area contributed by atoms with Gasteiger partial charge in [-0.1, -0.05) is 17.3 Å². The molecular formula is C16H16N6O2. The third kappa shape index (κ3) is 2.55. The molecule has 0 saturated carbocycles. The molecular weight excluding hydrogens is 308 g/mol. The molecule has 0 aliphatic carbocycles. The number of aromatic amines is 1. The number of hydrogen-bond acceptors (Lipinski definition) is 5. The molecule has 0 atom stereocenters. The zero-order chi connectivity index (χ0) is 16.5. The molecule has 8 heteroatoms. The van der Waals surface area contributed by atoms with Crippen LogP contribution in [0.1, 0.15) is 17.7 Å². The Hall–Kier alpha value is -3.03. The van der Waals surface area contributed by atoms with Crippen molar-refractivity contribution in [3.63, 3.8) is 0 Å². The van der Waals surface area contributed by atoms with Gasteiger partial charge in [0.1, 0.15) is 5.52 Å². The van der Waals surface area contributed by atoms with Gasteiger partial charge in [-0.25, -0.2) is 9.67 Å². The van der Waals surface area contributed by atoms with Crippen LogP contribution in [-0.2, 0) is 24.3 Å². The number of amides is 1. The van der Waals surface area contributed by atoms with E-state index in [1.165, 1.54) is 6.33 Å². The Morgan fingerprint density at radius 3 is 3.08 bits per heavy atom. The maximum atomic E-state index is 12.5. The van der Waals surface area contributed by atoms with Crippen molar-refractivity contribution in [1.82, 2.24) is 29.9 Å². The molecule has 3 heterocycles. The number of nitrogens with zero attached hydrogens (tertiary/aromatic N) is 5. The molecule has 122 valence electrons. The van der Waals surface area contributed by atoms with E-state index in [4.69, 9.17) is 0 Å². The lowest BCUT2D eigenvalue weighted by Crippen LogP contribution is -2.39. The quantitative estimate of drug-likeness (QED) is 0.756. The Bertz CT molecular complexity index is 960. The van der Waals surface area contributed by atoms with E-state index in [1.54, 1.807) is 9.58 Å². The number of rotatable bonds is 3. The van der Waals surface area contributed by atoms with Crippen molar-refractivity contribution in [3.8, 4) is 0 Å². The number of para-hydroxylation sites is 1. The molecule has 1 amide bonds. The van der Waals surface area contributed by atoms with E-state index in [-0.39, 0.29) is 11.5 Å². The second-order valence-corrected chi connectivity index (χ2v) is 5.77. The highest BCUT2D eigenvalue weighted by molar-refractivity contribution is 5.77. The number of benzene rings is 1. The van der Waals surface area contributed by atoms with Crippen molar-refractivity contribution in [2.45, 2.75) is 25.9 Å². The minimum atomic E-state index is -0.110. The maximum Gasteiger partial charge on any atom is 0.254 e. The van der Waals surface area contributed by atoms with E-state index in [0.717, 1.165) is 11.0 Å². The summed E-state index contributed by atoms with van der Waals surface area (Å²) in [5, 5.41) is 8.19. The summed E-state index contributed by atoms with van der Waals surface area (Å²) >= 11 is 0. The van der Waals surface area contributed by atoms with Crippen LogP contribution in [0.25, 0.3) is 11.0 Å². The molecule has 0 spiro atoms. The van der Waals surface area contributed by atoms with Gasteiger partial charge >= 0.3 is 0 Å². The largest absolute Gasteiger partial charge is 0.336 e. The van der Waals surface area contributed by atoms with Crippen molar-refractivity contribution in [2.24, 2.45) is 0 Å². The normalized spacial score (nSPS) is 13.9. The van der Waals surface area contributed by atoms with E-state index in [9.17, 15) is 9.59 Å². The SMILES string of the molecule is O=C(CCn1nnc2ccccc21)N1CCc2c(nc[nH]c2=O)C1. The first-order valence-corrected chi connectivity index (χ1v) is 7.84. The summed E-state index contributed by atoms with van der Waals surface area (Å²) in [5.41, 5.74) is 3.00. The first-order chi connectivity index (χ1) is 11.7. The summed E-state index contributed by atoms with van der Waals surface area (Å²) in [6.45, 7) is 1.40. The highest BCUT2D eigenvalue weighted by atomic mass is 16.2. The molecule has 1 aromatic carbocycles. The molecule has 1 N–H and O–H groups in total. The van der Waals surface area contributed by atoms with E-state index >= 15 is 0 Å². The fourth-order valence-electron chi connectivity index (χ4n) is 3.02. The Morgan fingerprint density at radius 1 is 1.29 bits per heavy atom. The molecule has 0 saturated heterocycles. The first kappa shape index (κ1) is 14.6. The fraction of sp³-hybridized carbons (Fsp3) is 0.312. The third-order valence-corrected chi connectivity index (χ3v) is 4.32. The Balaban J connectivity index is 1.45. The lowest BCUT2D eigenvalue weighted by Gasteiger charge is -2.27. The van der Waals surface area contributed by atoms with Gasteiger partial charge < -0.3 is 9.88 Å². The number of aryl methyl sites for hydroxylation is 1. The highest BCUT2D eigenvalue weighted by Gasteiger charge is 2.23. The summed E-state index contributed by atoms with van der Waals surface area (Å²) in [6, 6.07) is 7.67.